The van der Waals surface area contributed by atoms with Crippen molar-refractivity contribution >= 4 is 27.3 Å². The molecule has 18 heavy (non-hydrogen) atoms. The van der Waals surface area contributed by atoms with Crippen LogP contribution in [0.15, 0.2) is 18.2 Å². The standard InChI is InChI=1S/C13H17BrN2O2/c1-9-5-11(9)8-15(2)12-4-3-10(7-14)6-13(12)16(17)18/h3-4,6,9,11H,5,7-8H2,1-2H3. The van der Waals surface area contributed by atoms with Crippen molar-refractivity contribution in [3.05, 3.63) is 33.9 Å². The minimum absolute atomic E-state index is 0.197. The number of nitrogens with zero attached hydrogens (tertiary/aromatic N) is 2. The van der Waals surface area contributed by atoms with E-state index in [1.54, 1.807) is 6.07 Å². The van der Waals surface area contributed by atoms with Crippen molar-refractivity contribution in [3.63, 3.8) is 0 Å². The third kappa shape index (κ3) is 2.83. The SMILES string of the molecule is CC1CC1CN(C)c1ccc(CBr)cc1[N+](=O)[O-]. The zero-order chi connectivity index (χ0) is 13.3. The number of anilines is 1. The monoisotopic (exact) mass is 312 g/mol. The summed E-state index contributed by atoms with van der Waals surface area (Å²) < 4.78 is 0. The van der Waals surface area contributed by atoms with E-state index in [1.165, 1.54) is 6.42 Å². The molecule has 0 spiro atoms. The van der Waals surface area contributed by atoms with E-state index in [-0.39, 0.29) is 10.6 Å². The van der Waals surface area contributed by atoms with E-state index in [4.69, 9.17) is 0 Å². The molecule has 0 saturated heterocycles. The third-order valence-electron chi connectivity index (χ3n) is 3.59. The lowest BCUT2D eigenvalue weighted by Crippen LogP contribution is -2.21. The van der Waals surface area contributed by atoms with Crippen LogP contribution in [0, 0.1) is 22.0 Å². The van der Waals surface area contributed by atoms with E-state index in [1.807, 2.05) is 24.1 Å². The summed E-state index contributed by atoms with van der Waals surface area (Å²) in [7, 11) is 1.93. The van der Waals surface area contributed by atoms with E-state index in [0.29, 0.717) is 16.9 Å². The van der Waals surface area contributed by atoms with Gasteiger partial charge in [-0.1, -0.05) is 28.9 Å². The van der Waals surface area contributed by atoms with Gasteiger partial charge in [0.2, 0.25) is 0 Å². The van der Waals surface area contributed by atoms with Crippen molar-refractivity contribution in [2.45, 2.75) is 18.7 Å². The lowest BCUT2D eigenvalue weighted by atomic mass is 10.1. The smallest absolute Gasteiger partial charge is 0.292 e. The average Bonchev–Trinajstić information content (AvgIpc) is 3.03. The molecule has 0 heterocycles. The molecule has 2 rings (SSSR count). The predicted molar refractivity (Wildman–Crippen MR) is 76.3 cm³/mol. The highest BCUT2D eigenvalue weighted by Crippen LogP contribution is 2.40. The van der Waals surface area contributed by atoms with Crippen molar-refractivity contribution in [3.8, 4) is 0 Å². The summed E-state index contributed by atoms with van der Waals surface area (Å²) in [6.07, 6.45) is 1.23. The molecule has 2 unspecified atom stereocenters. The van der Waals surface area contributed by atoms with Crippen molar-refractivity contribution in [1.29, 1.82) is 0 Å². The number of hydrogen-bond acceptors (Lipinski definition) is 3. The molecule has 0 bridgehead atoms. The highest BCUT2D eigenvalue weighted by molar-refractivity contribution is 9.08. The summed E-state index contributed by atoms with van der Waals surface area (Å²) in [6, 6.07) is 5.43. The van der Waals surface area contributed by atoms with Crippen LogP contribution in [-0.2, 0) is 5.33 Å². The average molecular weight is 313 g/mol. The second-order valence-corrected chi connectivity index (χ2v) is 5.63. The summed E-state index contributed by atoms with van der Waals surface area (Å²) >= 11 is 3.32. The predicted octanol–water partition coefficient (Wildman–Crippen LogP) is 3.58. The zero-order valence-electron chi connectivity index (χ0n) is 10.6. The Kier molecular flexibility index (Phi) is 3.90. The number of hydrogen-bond donors (Lipinski definition) is 0. The van der Waals surface area contributed by atoms with Crippen LogP contribution in [-0.4, -0.2) is 18.5 Å². The first kappa shape index (κ1) is 13.3. The van der Waals surface area contributed by atoms with Gasteiger partial charge in [0.05, 0.1) is 4.92 Å². The first-order valence-electron chi connectivity index (χ1n) is 6.07. The fourth-order valence-electron chi connectivity index (χ4n) is 2.22. The highest BCUT2D eigenvalue weighted by Gasteiger charge is 2.34. The van der Waals surface area contributed by atoms with Gasteiger partial charge in [0, 0.05) is 25.0 Å². The van der Waals surface area contributed by atoms with Crippen LogP contribution >= 0.6 is 15.9 Å². The van der Waals surface area contributed by atoms with Gasteiger partial charge in [-0.15, -0.1) is 0 Å². The second kappa shape index (κ2) is 5.26. The molecule has 0 aliphatic heterocycles. The summed E-state index contributed by atoms with van der Waals surface area (Å²) in [6.45, 7) is 3.12. The lowest BCUT2D eigenvalue weighted by Gasteiger charge is -2.19. The van der Waals surface area contributed by atoms with Crippen LogP contribution in [0.25, 0.3) is 0 Å². The van der Waals surface area contributed by atoms with Gasteiger partial charge in [0.1, 0.15) is 5.69 Å². The molecule has 0 radical (unpaired) electrons. The van der Waals surface area contributed by atoms with Crippen LogP contribution in [0.5, 0.6) is 0 Å². The van der Waals surface area contributed by atoms with E-state index in [9.17, 15) is 10.1 Å². The quantitative estimate of drug-likeness (QED) is 0.474. The van der Waals surface area contributed by atoms with Crippen molar-refractivity contribution in [2.24, 2.45) is 11.8 Å². The Bertz CT molecular complexity index is 464. The fraction of sp³-hybridized carbons (Fsp3) is 0.538. The summed E-state index contributed by atoms with van der Waals surface area (Å²) in [5, 5.41) is 11.8. The van der Waals surface area contributed by atoms with E-state index < -0.39 is 0 Å². The summed E-state index contributed by atoms with van der Waals surface area (Å²) in [4.78, 5) is 12.8. The van der Waals surface area contributed by atoms with E-state index >= 15 is 0 Å². The number of alkyl halides is 1. The Hall–Kier alpha value is -1.10. The molecule has 5 heteroatoms. The van der Waals surface area contributed by atoms with Crippen LogP contribution in [0.3, 0.4) is 0 Å². The minimum Gasteiger partial charge on any atom is -0.369 e. The molecule has 2 atom stereocenters. The van der Waals surface area contributed by atoms with Crippen LogP contribution in [0.4, 0.5) is 11.4 Å². The number of nitro groups is 1. The summed E-state index contributed by atoms with van der Waals surface area (Å²) in [5.74, 6) is 1.44. The Morgan fingerprint density at radius 1 is 1.56 bits per heavy atom. The molecular weight excluding hydrogens is 296 g/mol. The molecule has 0 aromatic heterocycles. The maximum Gasteiger partial charge on any atom is 0.292 e. The van der Waals surface area contributed by atoms with Gasteiger partial charge in [0.15, 0.2) is 0 Å². The number of rotatable bonds is 5. The fourth-order valence-corrected chi connectivity index (χ4v) is 2.57. The summed E-state index contributed by atoms with van der Waals surface area (Å²) in [5.41, 5.74) is 1.84. The Morgan fingerprint density at radius 2 is 2.22 bits per heavy atom. The maximum atomic E-state index is 11.1. The minimum atomic E-state index is -0.297. The van der Waals surface area contributed by atoms with Gasteiger partial charge in [0.25, 0.3) is 5.69 Å². The van der Waals surface area contributed by atoms with E-state index in [0.717, 1.165) is 18.0 Å². The molecule has 1 fully saturated rings. The van der Waals surface area contributed by atoms with Crippen LogP contribution < -0.4 is 4.90 Å². The first-order chi connectivity index (χ1) is 8.52. The molecular formula is C13H17BrN2O2. The molecule has 98 valence electrons. The van der Waals surface area contributed by atoms with Crippen LogP contribution in [0.1, 0.15) is 18.9 Å². The first-order valence-corrected chi connectivity index (χ1v) is 7.19. The molecule has 0 N–H and O–H groups in total. The number of benzene rings is 1. The Labute approximate surface area is 115 Å². The Balaban J connectivity index is 2.22. The molecule has 1 aliphatic carbocycles. The number of nitro benzene ring substituents is 1. The highest BCUT2D eigenvalue weighted by atomic mass is 79.9. The topological polar surface area (TPSA) is 46.4 Å². The van der Waals surface area contributed by atoms with Gasteiger partial charge >= 0.3 is 0 Å². The Morgan fingerprint density at radius 3 is 2.72 bits per heavy atom. The van der Waals surface area contributed by atoms with Crippen LogP contribution in [0.2, 0.25) is 0 Å². The third-order valence-corrected chi connectivity index (χ3v) is 4.23. The zero-order valence-corrected chi connectivity index (χ0v) is 12.2. The maximum absolute atomic E-state index is 11.1. The van der Waals surface area contributed by atoms with Gasteiger partial charge in [-0.05, 0) is 29.9 Å². The van der Waals surface area contributed by atoms with Crippen molar-refractivity contribution < 1.29 is 4.92 Å². The largest absolute Gasteiger partial charge is 0.369 e. The lowest BCUT2D eigenvalue weighted by molar-refractivity contribution is -0.384. The molecule has 4 nitrogen and oxygen atoms in total. The van der Waals surface area contributed by atoms with Crippen molar-refractivity contribution in [2.75, 3.05) is 18.5 Å². The second-order valence-electron chi connectivity index (χ2n) is 5.07. The van der Waals surface area contributed by atoms with E-state index in [2.05, 4.69) is 22.9 Å². The van der Waals surface area contributed by atoms with Crippen molar-refractivity contribution in [1.82, 2.24) is 0 Å². The molecule has 1 aromatic rings. The van der Waals surface area contributed by atoms with Gasteiger partial charge in [-0.25, -0.2) is 0 Å². The molecule has 1 aliphatic rings. The van der Waals surface area contributed by atoms with Gasteiger partial charge in [-0.2, -0.15) is 0 Å². The molecule has 0 amide bonds. The number of halogens is 1. The van der Waals surface area contributed by atoms with Gasteiger partial charge in [-0.3, -0.25) is 10.1 Å². The van der Waals surface area contributed by atoms with Gasteiger partial charge < -0.3 is 4.90 Å². The molecule has 1 saturated carbocycles. The molecule has 1 aromatic carbocycles. The normalized spacial score (nSPS) is 21.7.